The van der Waals surface area contributed by atoms with Crippen molar-refractivity contribution in [2.24, 2.45) is 0 Å². The lowest BCUT2D eigenvalue weighted by molar-refractivity contribution is -0.131. The molecule has 0 aliphatic rings. The average molecular weight is 334 g/mol. The van der Waals surface area contributed by atoms with Gasteiger partial charge in [-0.15, -0.1) is 0 Å². The van der Waals surface area contributed by atoms with Gasteiger partial charge in [0.1, 0.15) is 18.1 Å². The minimum Gasteiger partial charge on any atom is -0.489 e. The molecular weight excluding hydrogens is 311 g/mol. The fourth-order valence-electron chi connectivity index (χ4n) is 2.20. The van der Waals surface area contributed by atoms with Crippen LogP contribution in [-0.4, -0.2) is 49.5 Å². The highest BCUT2D eigenvalue weighted by Gasteiger charge is 2.13. The van der Waals surface area contributed by atoms with Crippen LogP contribution < -0.4 is 4.74 Å². The Kier molecular flexibility index (Phi) is 6.37. The molecule has 1 aromatic carbocycles. The lowest BCUT2D eigenvalue weighted by Crippen LogP contribution is -2.37. The van der Waals surface area contributed by atoms with E-state index in [1.54, 1.807) is 30.1 Å². The predicted molar refractivity (Wildman–Crippen MR) is 89.3 cm³/mol. The van der Waals surface area contributed by atoms with Gasteiger partial charge in [0.05, 0.1) is 13.1 Å². The minimum absolute atomic E-state index is 0.0163. The van der Waals surface area contributed by atoms with E-state index in [4.69, 9.17) is 9.15 Å². The van der Waals surface area contributed by atoms with Gasteiger partial charge < -0.3 is 14.1 Å². The highest BCUT2D eigenvalue weighted by Crippen LogP contribution is 2.15. The van der Waals surface area contributed by atoms with E-state index in [2.05, 4.69) is 0 Å². The van der Waals surface area contributed by atoms with Gasteiger partial charge in [-0.05, 0) is 38.2 Å². The number of hydrogen-bond acceptors (Lipinski definition) is 4. The molecule has 2 rings (SSSR count). The molecule has 2 aromatic rings. The van der Waals surface area contributed by atoms with Gasteiger partial charge in [0, 0.05) is 13.6 Å². The Hall–Kier alpha value is -2.34. The predicted octanol–water partition coefficient (Wildman–Crippen LogP) is 2.70. The molecule has 6 heteroatoms. The largest absolute Gasteiger partial charge is 0.489 e. The summed E-state index contributed by atoms with van der Waals surface area (Å²) in [4.78, 5) is 15.7. The number of carbonyl (C=O) groups excluding carboxylic acids is 1. The Labute approximate surface area is 141 Å². The Morgan fingerprint density at radius 1 is 1.21 bits per heavy atom. The first-order chi connectivity index (χ1) is 11.5. The molecule has 1 aromatic heterocycles. The second kappa shape index (κ2) is 8.49. The molecule has 0 atom stereocenters. The molecule has 1 heterocycles. The van der Waals surface area contributed by atoms with E-state index in [-0.39, 0.29) is 24.0 Å². The molecular formula is C18H23FN2O3. The van der Waals surface area contributed by atoms with Crippen LogP contribution in [0.25, 0.3) is 0 Å². The Balaban J connectivity index is 1.72. The van der Waals surface area contributed by atoms with Gasteiger partial charge in [-0.25, -0.2) is 4.39 Å². The molecule has 0 unspecified atom stereocenters. The third kappa shape index (κ3) is 5.38. The maximum atomic E-state index is 13.4. The summed E-state index contributed by atoms with van der Waals surface area (Å²) < 4.78 is 24.3. The smallest absolute Gasteiger partial charge is 0.236 e. The number of ether oxygens (including phenoxy) is 1. The van der Waals surface area contributed by atoms with Crippen LogP contribution in [0, 0.1) is 12.7 Å². The van der Waals surface area contributed by atoms with Gasteiger partial charge in [-0.2, -0.15) is 0 Å². The summed E-state index contributed by atoms with van der Waals surface area (Å²) in [6.07, 6.45) is 0. The lowest BCUT2D eigenvalue weighted by Gasteiger charge is -2.21. The first-order valence-electron chi connectivity index (χ1n) is 7.81. The number of aryl methyl sites for hydroxylation is 1. The maximum absolute atomic E-state index is 13.4. The van der Waals surface area contributed by atoms with Crippen LogP contribution in [0.5, 0.6) is 5.75 Å². The first kappa shape index (κ1) is 18.0. The first-order valence-corrected chi connectivity index (χ1v) is 7.81. The molecule has 0 aliphatic carbocycles. The average Bonchev–Trinajstić information content (AvgIpc) is 2.94. The van der Waals surface area contributed by atoms with Gasteiger partial charge in [0.25, 0.3) is 0 Å². The quantitative estimate of drug-likeness (QED) is 0.745. The Morgan fingerprint density at radius 3 is 2.62 bits per heavy atom. The molecule has 0 bridgehead atoms. The van der Waals surface area contributed by atoms with E-state index in [9.17, 15) is 9.18 Å². The maximum Gasteiger partial charge on any atom is 0.236 e. The molecule has 130 valence electrons. The van der Waals surface area contributed by atoms with E-state index in [0.29, 0.717) is 19.7 Å². The number of amides is 1. The topological polar surface area (TPSA) is 45.9 Å². The number of benzene rings is 1. The van der Waals surface area contributed by atoms with Crippen molar-refractivity contribution in [3.63, 3.8) is 0 Å². The number of nitrogens with zero attached hydrogens (tertiary/aromatic N) is 2. The number of para-hydroxylation sites is 1. The Morgan fingerprint density at radius 2 is 1.96 bits per heavy atom. The fraction of sp³-hybridized carbons (Fsp3) is 0.389. The van der Waals surface area contributed by atoms with Crippen molar-refractivity contribution in [2.75, 3.05) is 33.8 Å². The van der Waals surface area contributed by atoms with Crippen LogP contribution in [0.2, 0.25) is 0 Å². The van der Waals surface area contributed by atoms with Crippen molar-refractivity contribution < 1.29 is 18.3 Å². The van der Waals surface area contributed by atoms with E-state index < -0.39 is 0 Å². The number of halogens is 1. The molecule has 0 saturated carbocycles. The van der Waals surface area contributed by atoms with Crippen molar-refractivity contribution >= 4 is 5.91 Å². The van der Waals surface area contributed by atoms with Gasteiger partial charge in [-0.3, -0.25) is 9.69 Å². The lowest BCUT2D eigenvalue weighted by atomic mass is 10.3. The van der Waals surface area contributed by atoms with E-state index >= 15 is 0 Å². The summed E-state index contributed by atoms with van der Waals surface area (Å²) in [7, 11) is 3.57. The number of likely N-dealkylation sites (N-methyl/N-ethyl adjacent to an activating group) is 2. The standard InChI is InChI=1S/C18H23FN2O3/c1-14-8-9-15(24-14)12-21(3)18(22)13-20(2)10-11-23-17-7-5-4-6-16(17)19/h4-9H,10-13H2,1-3H3. The molecule has 0 fully saturated rings. The molecule has 24 heavy (non-hydrogen) atoms. The molecule has 5 nitrogen and oxygen atoms in total. The van der Waals surface area contributed by atoms with Crippen molar-refractivity contribution in [1.29, 1.82) is 0 Å². The van der Waals surface area contributed by atoms with Crippen LogP contribution in [0.15, 0.2) is 40.8 Å². The molecule has 0 saturated heterocycles. The minimum atomic E-state index is -0.385. The number of hydrogen-bond donors (Lipinski definition) is 0. The number of rotatable bonds is 8. The van der Waals surface area contributed by atoms with Crippen molar-refractivity contribution in [1.82, 2.24) is 9.80 Å². The van der Waals surface area contributed by atoms with Crippen LogP contribution in [0.1, 0.15) is 11.5 Å². The Bertz CT molecular complexity index is 672. The van der Waals surface area contributed by atoms with Crippen molar-refractivity contribution in [3.05, 3.63) is 53.7 Å². The monoisotopic (exact) mass is 334 g/mol. The third-order valence-electron chi connectivity index (χ3n) is 3.59. The number of carbonyl (C=O) groups is 1. The van der Waals surface area contributed by atoms with Gasteiger partial charge in [0.15, 0.2) is 11.6 Å². The third-order valence-corrected chi connectivity index (χ3v) is 3.59. The zero-order chi connectivity index (χ0) is 17.5. The second-order valence-corrected chi connectivity index (χ2v) is 5.78. The second-order valence-electron chi connectivity index (χ2n) is 5.78. The molecule has 0 spiro atoms. The summed E-state index contributed by atoms with van der Waals surface area (Å²) in [5.74, 6) is 1.41. The van der Waals surface area contributed by atoms with Crippen LogP contribution in [0.3, 0.4) is 0 Å². The molecule has 0 N–H and O–H groups in total. The summed E-state index contributed by atoms with van der Waals surface area (Å²) >= 11 is 0. The summed E-state index contributed by atoms with van der Waals surface area (Å²) in [5.41, 5.74) is 0. The zero-order valence-electron chi connectivity index (χ0n) is 14.3. The zero-order valence-corrected chi connectivity index (χ0v) is 14.3. The van der Waals surface area contributed by atoms with Crippen molar-refractivity contribution in [2.45, 2.75) is 13.5 Å². The SMILES string of the molecule is Cc1ccc(CN(C)C(=O)CN(C)CCOc2ccccc2F)o1. The fourth-order valence-corrected chi connectivity index (χ4v) is 2.20. The molecule has 1 amide bonds. The highest BCUT2D eigenvalue weighted by atomic mass is 19.1. The van der Waals surface area contributed by atoms with Crippen LogP contribution >= 0.6 is 0 Å². The van der Waals surface area contributed by atoms with Gasteiger partial charge >= 0.3 is 0 Å². The highest BCUT2D eigenvalue weighted by molar-refractivity contribution is 5.77. The van der Waals surface area contributed by atoms with E-state index in [1.807, 2.05) is 31.0 Å². The summed E-state index contributed by atoms with van der Waals surface area (Å²) in [6, 6.07) is 10.0. The molecule has 0 radical (unpaired) electrons. The molecule has 0 aliphatic heterocycles. The van der Waals surface area contributed by atoms with Crippen molar-refractivity contribution in [3.8, 4) is 5.75 Å². The summed E-state index contributed by atoms with van der Waals surface area (Å²) in [5, 5.41) is 0. The van der Waals surface area contributed by atoms with Gasteiger partial charge in [-0.1, -0.05) is 12.1 Å². The van der Waals surface area contributed by atoms with Crippen LogP contribution in [-0.2, 0) is 11.3 Å². The van der Waals surface area contributed by atoms with Gasteiger partial charge in [0.2, 0.25) is 5.91 Å². The van der Waals surface area contributed by atoms with E-state index in [0.717, 1.165) is 11.5 Å². The number of furan rings is 1. The normalized spacial score (nSPS) is 10.9. The van der Waals surface area contributed by atoms with E-state index in [1.165, 1.54) is 6.07 Å². The summed E-state index contributed by atoms with van der Waals surface area (Å²) in [6.45, 7) is 3.40. The van der Waals surface area contributed by atoms with Crippen LogP contribution in [0.4, 0.5) is 4.39 Å².